The molecule has 0 unspecified atom stereocenters. The molecule has 1 aliphatic heterocycles. The molecule has 3 rings (SSSR count). The summed E-state index contributed by atoms with van der Waals surface area (Å²) in [7, 11) is 0. The number of carbonyl (C=O) groups is 1. The van der Waals surface area contributed by atoms with Crippen LogP contribution in [-0.4, -0.2) is 29.1 Å². The number of benzene rings is 1. The minimum Gasteiger partial charge on any atom is -0.476 e. The van der Waals surface area contributed by atoms with Gasteiger partial charge in [-0.2, -0.15) is 0 Å². The van der Waals surface area contributed by atoms with Crippen molar-refractivity contribution in [1.82, 2.24) is 4.98 Å². The maximum atomic E-state index is 11.2. The Morgan fingerprint density at radius 1 is 1.22 bits per heavy atom. The summed E-state index contributed by atoms with van der Waals surface area (Å²) in [5, 5.41) is 10.8. The maximum Gasteiger partial charge on any atom is 0.355 e. The molecule has 4 heteroatoms. The summed E-state index contributed by atoms with van der Waals surface area (Å²) < 4.78 is 0. The smallest absolute Gasteiger partial charge is 0.355 e. The van der Waals surface area contributed by atoms with Gasteiger partial charge in [0, 0.05) is 30.4 Å². The lowest BCUT2D eigenvalue weighted by molar-refractivity contribution is 0.0693. The molecule has 0 saturated carbocycles. The van der Waals surface area contributed by atoms with Crippen molar-refractivity contribution in [1.29, 1.82) is 0 Å². The standard InChI is InChI=1S/C14H14N2O2/c17-14(18)13-12-9-11(16-7-1-2-8-16)4-3-10(12)5-6-15-13/h3-6,9H,1-2,7-8H2,(H,17,18). The molecular formula is C14H14N2O2. The molecule has 1 N–H and O–H groups in total. The summed E-state index contributed by atoms with van der Waals surface area (Å²) in [6.07, 6.45) is 3.95. The number of rotatable bonds is 2. The Hall–Kier alpha value is -2.10. The number of nitrogens with zero attached hydrogens (tertiary/aromatic N) is 2. The summed E-state index contributed by atoms with van der Waals surface area (Å²) in [5.74, 6) is -0.973. The van der Waals surface area contributed by atoms with Crippen molar-refractivity contribution in [3.05, 3.63) is 36.2 Å². The molecule has 2 heterocycles. The molecule has 1 fully saturated rings. The summed E-state index contributed by atoms with van der Waals surface area (Å²) in [6, 6.07) is 7.81. The van der Waals surface area contributed by atoms with Gasteiger partial charge in [-0.3, -0.25) is 0 Å². The van der Waals surface area contributed by atoms with Gasteiger partial charge >= 0.3 is 5.97 Å². The first kappa shape index (κ1) is 11.0. The molecule has 0 spiro atoms. The minimum absolute atomic E-state index is 0.133. The number of anilines is 1. The van der Waals surface area contributed by atoms with Gasteiger partial charge in [0.1, 0.15) is 0 Å². The first-order valence-corrected chi connectivity index (χ1v) is 6.13. The fraction of sp³-hybridized carbons (Fsp3) is 0.286. The highest BCUT2D eigenvalue weighted by atomic mass is 16.4. The predicted molar refractivity (Wildman–Crippen MR) is 70.1 cm³/mol. The summed E-state index contributed by atoms with van der Waals surface area (Å²) in [6.45, 7) is 2.10. The van der Waals surface area contributed by atoms with E-state index in [4.69, 9.17) is 5.11 Å². The summed E-state index contributed by atoms with van der Waals surface area (Å²) in [4.78, 5) is 17.4. The van der Waals surface area contributed by atoms with Gasteiger partial charge in [0.2, 0.25) is 0 Å². The first-order valence-electron chi connectivity index (χ1n) is 6.13. The number of aromatic carboxylic acids is 1. The monoisotopic (exact) mass is 242 g/mol. The predicted octanol–water partition coefficient (Wildman–Crippen LogP) is 2.53. The van der Waals surface area contributed by atoms with Crippen LogP contribution in [0.25, 0.3) is 10.8 Å². The van der Waals surface area contributed by atoms with Crippen LogP contribution in [0.3, 0.4) is 0 Å². The number of fused-ring (bicyclic) bond motifs is 1. The van der Waals surface area contributed by atoms with Crippen LogP contribution < -0.4 is 4.90 Å². The molecule has 92 valence electrons. The van der Waals surface area contributed by atoms with E-state index in [1.54, 1.807) is 6.20 Å². The van der Waals surface area contributed by atoms with Crippen molar-refractivity contribution in [3.63, 3.8) is 0 Å². The normalized spacial score (nSPS) is 15.2. The van der Waals surface area contributed by atoms with Gasteiger partial charge in [-0.05, 0) is 36.4 Å². The van der Waals surface area contributed by atoms with Crippen molar-refractivity contribution in [2.75, 3.05) is 18.0 Å². The Morgan fingerprint density at radius 3 is 2.72 bits per heavy atom. The van der Waals surface area contributed by atoms with E-state index in [9.17, 15) is 4.79 Å². The van der Waals surface area contributed by atoms with Crippen LogP contribution in [0.4, 0.5) is 5.69 Å². The zero-order chi connectivity index (χ0) is 12.5. The second-order valence-electron chi connectivity index (χ2n) is 4.56. The van der Waals surface area contributed by atoms with Crippen LogP contribution in [0.5, 0.6) is 0 Å². The fourth-order valence-electron chi connectivity index (χ4n) is 2.50. The maximum absolute atomic E-state index is 11.2. The Morgan fingerprint density at radius 2 is 2.00 bits per heavy atom. The lowest BCUT2D eigenvalue weighted by Crippen LogP contribution is -2.17. The molecule has 4 nitrogen and oxygen atoms in total. The van der Waals surface area contributed by atoms with E-state index in [-0.39, 0.29) is 5.69 Å². The topological polar surface area (TPSA) is 53.4 Å². The Balaban J connectivity index is 2.14. The van der Waals surface area contributed by atoms with Crippen molar-refractivity contribution in [3.8, 4) is 0 Å². The van der Waals surface area contributed by atoms with Gasteiger partial charge < -0.3 is 10.0 Å². The number of aromatic nitrogens is 1. The van der Waals surface area contributed by atoms with Gasteiger partial charge in [-0.15, -0.1) is 0 Å². The average molecular weight is 242 g/mol. The van der Waals surface area contributed by atoms with E-state index in [0.29, 0.717) is 0 Å². The third kappa shape index (κ3) is 1.79. The van der Waals surface area contributed by atoms with Gasteiger partial charge in [-0.25, -0.2) is 9.78 Å². The van der Waals surface area contributed by atoms with Crippen LogP contribution >= 0.6 is 0 Å². The van der Waals surface area contributed by atoms with Crippen molar-refractivity contribution < 1.29 is 9.90 Å². The highest BCUT2D eigenvalue weighted by molar-refractivity contribution is 6.02. The van der Waals surface area contributed by atoms with E-state index in [2.05, 4.69) is 16.0 Å². The van der Waals surface area contributed by atoms with Gasteiger partial charge in [0.25, 0.3) is 0 Å². The second kappa shape index (κ2) is 4.29. The molecule has 0 aliphatic carbocycles. The summed E-state index contributed by atoms with van der Waals surface area (Å²) in [5.41, 5.74) is 1.23. The van der Waals surface area contributed by atoms with Gasteiger partial charge in [0.05, 0.1) is 0 Å². The van der Waals surface area contributed by atoms with E-state index in [1.165, 1.54) is 12.8 Å². The quantitative estimate of drug-likeness (QED) is 0.879. The Kier molecular flexibility index (Phi) is 2.63. The number of carboxylic acids is 1. The first-order chi connectivity index (χ1) is 8.75. The lowest BCUT2D eigenvalue weighted by atomic mass is 10.1. The number of pyridine rings is 1. The molecule has 0 amide bonds. The minimum atomic E-state index is -0.973. The zero-order valence-corrected chi connectivity index (χ0v) is 9.97. The van der Waals surface area contributed by atoms with Crippen molar-refractivity contribution in [2.45, 2.75) is 12.8 Å². The SMILES string of the molecule is O=C(O)c1nccc2ccc(N3CCCC3)cc12. The summed E-state index contributed by atoms with van der Waals surface area (Å²) >= 11 is 0. The average Bonchev–Trinajstić information content (AvgIpc) is 2.91. The van der Waals surface area contributed by atoms with Crippen LogP contribution in [0, 0.1) is 0 Å². The molecule has 0 bridgehead atoms. The third-order valence-electron chi connectivity index (χ3n) is 3.42. The van der Waals surface area contributed by atoms with Crippen LogP contribution in [0.15, 0.2) is 30.5 Å². The molecule has 1 aliphatic rings. The molecule has 1 aromatic heterocycles. The van der Waals surface area contributed by atoms with E-state index >= 15 is 0 Å². The number of hydrogen-bond acceptors (Lipinski definition) is 3. The molecule has 18 heavy (non-hydrogen) atoms. The van der Waals surface area contributed by atoms with Gasteiger partial charge in [-0.1, -0.05) is 6.07 Å². The largest absolute Gasteiger partial charge is 0.476 e. The Bertz CT molecular complexity index is 604. The van der Waals surface area contributed by atoms with Crippen LogP contribution in [0.1, 0.15) is 23.3 Å². The highest BCUT2D eigenvalue weighted by Gasteiger charge is 2.15. The molecule has 1 aromatic carbocycles. The van der Waals surface area contributed by atoms with E-state index in [1.807, 2.05) is 18.2 Å². The zero-order valence-electron chi connectivity index (χ0n) is 9.97. The molecule has 2 aromatic rings. The number of hydrogen-bond donors (Lipinski definition) is 1. The van der Waals surface area contributed by atoms with Crippen LogP contribution in [-0.2, 0) is 0 Å². The molecule has 0 atom stereocenters. The van der Waals surface area contributed by atoms with Gasteiger partial charge in [0.15, 0.2) is 5.69 Å². The Labute approximate surface area is 105 Å². The molecular weight excluding hydrogens is 228 g/mol. The van der Waals surface area contributed by atoms with Crippen molar-refractivity contribution >= 4 is 22.4 Å². The molecule has 0 radical (unpaired) electrons. The second-order valence-corrected chi connectivity index (χ2v) is 4.56. The lowest BCUT2D eigenvalue weighted by Gasteiger charge is -2.18. The van der Waals surface area contributed by atoms with E-state index in [0.717, 1.165) is 29.5 Å². The molecule has 1 saturated heterocycles. The van der Waals surface area contributed by atoms with Crippen LogP contribution in [0.2, 0.25) is 0 Å². The van der Waals surface area contributed by atoms with Crippen molar-refractivity contribution in [2.24, 2.45) is 0 Å². The highest BCUT2D eigenvalue weighted by Crippen LogP contribution is 2.26. The fourth-order valence-corrected chi connectivity index (χ4v) is 2.50. The third-order valence-corrected chi connectivity index (χ3v) is 3.42. The van der Waals surface area contributed by atoms with E-state index < -0.39 is 5.97 Å². The number of carboxylic acid groups (broad SMARTS) is 1.